The van der Waals surface area contributed by atoms with Crippen molar-refractivity contribution in [3.63, 3.8) is 0 Å². The molecule has 1 unspecified atom stereocenters. The predicted octanol–water partition coefficient (Wildman–Crippen LogP) is 6.67. The predicted molar refractivity (Wildman–Crippen MR) is 168 cm³/mol. The Balaban J connectivity index is 0.000000248. The molecule has 2 aliphatic rings. The highest BCUT2D eigenvalue weighted by molar-refractivity contribution is 6.35. The Bertz CT molecular complexity index is 1240. The van der Waals surface area contributed by atoms with Crippen molar-refractivity contribution in [1.29, 1.82) is 0 Å². The van der Waals surface area contributed by atoms with Gasteiger partial charge in [-0.1, -0.05) is 46.4 Å². The average molecular weight is 678 g/mol. The third-order valence-corrected chi connectivity index (χ3v) is 7.34. The maximum atomic E-state index is 12.1. The topological polar surface area (TPSA) is 112 Å². The molecule has 0 saturated carbocycles. The number of benzene rings is 2. The second-order valence-corrected chi connectivity index (χ2v) is 12.8. The van der Waals surface area contributed by atoms with E-state index in [1.165, 1.54) is 4.90 Å². The first-order chi connectivity index (χ1) is 20.2. The van der Waals surface area contributed by atoms with Gasteiger partial charge in [0.15, 0.2) is 0 Å². The number of ether oxygens (including phenoxy) is 2. The number of nitrogens with zero attached hydrogens (tertiary/aromatic N) is 3. The molecule has 0 aromatic heterocycles. The summed E-state index contributed by atoms with van der Waals surface area (Å²) in [4.78, 5) is 39.9. The minimum absolute atomic E-state index is 0.0780. The van der Waals surface area contributed by atoms with Crippen LogP contribution in [0.5, 0.6) is 0 Å². The van der Waals surface area contributed by atoms with Crippen LogP contribution in [0.3, 0.4) is 0 Å². The molecule has 2 saturated heterocycles. The van der Waals surface area contributed by atoms with Crippen LogP contribution in [-0.4, -0.2) is 95.5 Å². The van der Waals surface area contributed by atoms with Gasteiger partial charge < -0.3 is 34.6 Å². The molecule has 0 spiro atoms. The number of nitrogens with one attached hydrogen (secondary N) is 1. The maximum absolute atomic E-state index is 12.1. The van der Waals surface area contributed by atoms with Crippen molar-refractivity contribution in [3.05, 3.63) is 67.6 Å². The Morgan fingerprint density at radius 1 is 0.814 bits per heavy atom. The Morgan fingerprint density at radius 3 is 1.79 bits per heavy atom. The average Bonchev–Trinajstić information content (AvgIpc) is 2.90. The van der Waals surface area contributed by atoms with E-state index in [9.17, 15) is 14.4 Å². The SMILES string of the molecule is CC(C)(C)OC(=O)N1CCN(C(=O)OCc2cc(Cl)cc(Cl)c2)CC1.O=C(O)N1CCNCC1Cc1cc(Cl)cc(Cl)c1. The van der Waals surface area contributed by atoms with Crippen molar-refractivity contribution >= 4 is 64.7 Å². The van der Waals surface area contributed by atoms with Crippen molar-refractivity contribution in [2.75, 3.05) is 45.8 Å². The third-order valence-electron chi connectivity index (χ3n) is 6.46. The number of hydrogen-bond donors (Lipinski definition) is 2. The molecule has 0 aliphatic carbocycles. The van der Waals surface area contributed by atoms with E-state index in [0.29, 0.717) is 72.3 Å². The van der Waals surface area contributed by atoms with Crippen LogP contribution in [0.2, 0.25) is 20.1 Å². The molecule has 236 valence electrons. The van der Waals surface area contributed by atoms with Crippen molar-refractivity contribution < 1.29 is 29.0 Å². The molecule has 43 heavy (non-hydrogen) atoms. The smallest absolute Gasteiger partial charge is 0.410 e. The lowest BCUT2D eigenvalue weighted by molar-refractivity contribution is 0.0125. The minimum atomic E-state index is -0.880. The van der Waals surface area contributed by atoms with Crippen molar-refractivity contribution in [3.8, 4) is 0 Å². The van der Waals surface area contributed by atoms with Gasteiger partial charge in [-0.15, -0.1) is 0 Å². The molecule has 0 bridgehead atoms. The zero-order chi connectivity index (χ0) is 31.7. The summed E-state index contributed by atoms with van der Waals surface area (Å²) in [6.07, 6.45) is -1.07. The molecule has 14 heteroatoms. The summed E-state index contributed by atoms with van der Waals surface area (Å²) < 4.78 is 10.6. The van der Waals surface area contributed by atoms with E-state index in [-0.39, 0.29) is 18.7 Å². The van der Waals surface area contributed by atoms with Gasteiger partial charge in [-0.3, -0.25) is 0 Å². The van der Waals surface area contributed by atoms with Gasteiger partial charge in [-0.25, -0.2) is 14.4 Å². The first-order valence-corrected chi connectivity index (χ1v) is 15.2. The van der Waals surface area contributed by atoms with E-state index < -0.39 is 17.8 Å². The van der Waals surface area contributed by atoms with Crippen LogP contribution < -0.4 is 5.32 Å². The zero-order valence-corrected chi connectivity index (χ0v) is 27.3. The summed E-state index contributed by atoms with van der Waals surface area (Å²) in [6, 6.07) is 10.2. The number of carboxylic acid groups (broad SMARTS) is 1. The molecule has 10 nitrogen and oxygen atoms in total. The number of piperazine rings is 2. The Labute approximate surface area is 271 Å². The Kier molecular flexibility index (Phi) is 12.9. The fourth-order valence-corrected chi connectivity index (χ4v) is 5.67. The maximum Gasteiger partial charge on any atom is 0.410 e. The van der Waals surface area contributed by atoms with Gasteiger partial charge in [0.05, 0.1) is 6.04 Å². The molecular formula is C29H36Cl4N4O6. The molecule has 2 aromatic carbocycles. The van der Waals surface area contributed by atoms with Crippen molar-refractivity contribution in [1.82, 2.24) is 20.0 Å². The highest BCUT2D eigenvalue weighted by Crippen LogP contribution is 2.22. The molecule has 3 amide bonds. The second kappa shape index (κ2) is 15.9. The van der Waals surface area contributed by atoms with Gasteiger partial charge in [0.25, 0.3) is 0 Å². The van der Waals surface area contributed by atoms with Crippen LogP contribution in [0.15, 0.2) is 36.4 Å². The molecule has 2 heterocycles. The molecular weight excluding hydrogens is 642 g/mol. The summed E-state index contributed by atoms with van der Waals surface area (Å²) in [5.41, 5.74) is 1.14. The van der Waals surface area contributed by atoms with E-state index >= 15 is 0 Å². The quantitative estimate of drug-likeness (QED) is 0.372. The molecule has 4 rings (SSSR count). The molecule has 1 atom stereocenters. The Morgan fingerprint density at radius 2 is 1.30 bits per heavy atom. The van der Waals surface area contributed by atoms with E-state index in [4.69, 9.17) is 61.0 Å². The van der Waals surface area contributed by atoms with Crippen LogP contribution in [0.1, 0.15) is 31.9 Å². The third kappa shape index (κ3) is 11.8. The lowest BCUT2D eigenvalue weighted by atomic mass is 10.0. The van der Waals surface area contributed by atoms with E-state index in [1.54, 1.807) is 34.1 Å². The highest BCUT2D eigenvalue weighted by Gasteiger charge is 2.28. The summed E-state index contributed by atoms with van der Waals surface area (Å²) in [7, 11) is 0. The van der Waals surface area contributed by atoms with Crippen LogP contribution >= 0.6 is 46.4 Å². The summed E-state index contributed by atoms with van der Waals surface area (Å²) in [6.45, 7) is 9.01. The summed E-state index contributed by atoms with van der Waals surface area (Å²) in [5, 5.41) is 14.5. The van der Waals surface area contributed by atoms with E-state index in [0.717, 1.165) is 11.1 Å². The number of amides is 3. The number of halogens is 4. The zero-order valence-electron chi connectivity index (χ0n) is 24.2. The fourth-order valence-electron chi connectivity index (χ4n) is 4.52. The van der Waals surface area contributed by atoms with Gasteiger partial charge in [0, 0.05) is 65.9 Å². The van der Waals surface area contributed by atoms with Gasteiger partial charge in [0.2, 0.25) is 0 Å². The Hall–Kier alpha value is -2.63. The largest absolute Gasteiger partial charge is 0.465 e. The monoisotopic (exact) mass is 676 g/mol. The molecule has 0 radical (unpaired) electrons. The van der Waals surface area contributed by atoms with E-state index in [1.807, 2.05) is 32.9 Å². The van der Waals surface area contributed by atoms with Crippen molar-refractivity contribution in [2.45, 2.75) is 45.4 Å². The van der Waals surface area contributed by atoms with Crippen LogP contribution in [0, 0.1) is 0 Å². The van der Waals surface area contributed by atoms with Crippen LogP contribution in [-0.2, 0) is 22.5 Å². The van der Waals surface area contributed by atoms with Gasteiger partial charge >= 0.3 is 18.3 Å². The van der Waals surface area contributed by atoms with Gasteiger partial charge in [0.1, 0.15) is 12.2 Å². The van der Waals surface area contributed by atoms with Crippen molar-refractivity contribution in [2.24, 2.45) is 0 Å². The number of rotatable bonds is 4. The lowest BCUT2D eigenvalue weighted by Gasteiger charge is -2.35. The number of carbonyl (C=O) groups excluding carboxylic acids is 2. The molecule has 2 aliphatic heterocycles. The van der Waals surface area contributed by atoms with E-state index in [2.05, 4.69) is 5.32 Å². The molecule has 2 N–H and O–H groups in total. The molecule has 2 aromatic rings. The second-order valence-electron chi connectivity index (χ2n) is 11.1. The normalized spacial score (nSPS) is 17.1. The number of hydrogen-bond acceptors (Lipinski definition) is 6. The van der Waals surface area contributed by atoms with Gasteiger partial charge in [-0.2, -0.15) is 0 Å². The van der Waals surface area contributed by atoms with Crippen LogP contribution in [0.4, 0.5) is 14.4 Å². The number of carbonyl (C=O) groups is 3. The first kappa shape index (κ1) is 34.9. The van der Waals surface area contributed by atoms with Gasteiger partial charge in [-0.05, 0) is 74.7 Å². The first-order valence-electron chi connectivity index (χ1n) is 13.7. The minimum Gasteiger partial charge on any atom is -0.465 e. The van der Waals surface area contributed by atoms with Crippen LogP contribution in [0.25, 0.3) is 0 Å². The lowest BCUT2D eigenvalue weighted by Crippen LogP contribution is -2.54. The fraction of sp³-hybridized carbons (Fsp3) is 0.483. The molecule has 2 fully saturated rings. The summed E-state index contributed by atoms with van der Waals surface area (Å²) in [5.74, 6) is 0. The summed E-state index contributed by atoms with van der Waals surface area (Å²) >= 11 is 23.7. The standard InChI is InChI=1S/C17H22Cl2N2O4.C12H14Cl2N2O2/c1-17(2,3)25-16(23)21-6-4-20(5-7-21)15(22)24-11-12-8-13(18)10-14(19)9-12;13-9-3-8(4-10(14)6-9)5-11-7-15-1-2-16(11)12(17)18/h8-10H,4-7,11H2,1-3H3;3-4,6,11,15H,1-2,5,7H2,(H,17,18). The highest BCUT2D eigenvalue weighted by atomic mass is 35.5.